The zero-order chi connectivity index (χ0) is 28.9. The van der Waals surface area contributed by atoms with Crippen molar-refractivity contribution in [2.75, 3.05) is 44.5 Å². The van der Waals surface area contributed by atoms with Gasteiger partial charge in [0.2, 0.25) is 6.10 Å². The van der Waals surface area contributed by atoms with Crippen molar-refractivity contribution in [2.24, 2.45) is 0 Å². The summed E-state index contributed by atoms with van der Waals surface area (Å²) in [4.78, 5) is 46.7. The molecule has 0 saturated carbocycles. The Balaban J connectivity index is 1.56. The van der Waals surface area contributed by atoms with Crippen LogP contribution in [0.1, 0.15) is 24.5 Å². The van der Waals surface area contributed by atoms with Crippen LogP contribution >= 0.6 is 23.2 Å². The van der Waals surface area contributed by atoms with Crippen LogP contribution in [0, 0.1) is 0 Å². The maximum absolute atomic E-state index is 13.7. The van der Waals surface area contributed by atoms with Gasteiger partial charge in [0.15, 0.2) is 0 Å². The van der Waals surface area contributed by atoms with Gasteiger partial charge in [-0.05, 0) is 43.2 Å². The van der Waals surface area contributed by atoms with Gasteiger partial charge >= 0.3 is 18.2 Å². The zero-order valence-electron chi connectivity index (χ0n) is 21.1. The Morgan fingerprint density at radius 3 is 2.17 bits per heavy atom. The number of carbonyl (C=O) groups excluding carboxylic acids is 3. The van der Waals surface area contributed by atoms with Crippen LogP contribution in [0.3, 0.4) is 0 Å². The smallest absolute Gasteiger partial charge is 0.429 e. The molecule has 1 unspecified atom stereocenters. The molecule has 14 heteroatoms. The Morgan fingerprint density at radius 2 is 1.57 bits per heavy atom. The Bertz CT molecular complexity index is 1200. The van der Waals surface area contributed by atoms with Gasteiger partial charge in [0.25, 0.3) is 5.91 Å². The third kappa shape index (κ3) is 7.36. The minimum absolute atomic E-state index is 0.0218. The molecule has 2 aliphatic heterocycles. The monoisotopic (exact) mass is 603 g/mol. The standard InChI is InChI=1S/C26H26Cl2F3N3O6/c27-17-5-7-19(8-6-17)34(40-24(36)26(29,30)31)25(37)39-22(20-3-1-2-4-21(20)28)23(35)33-11-9-18(10-12-33)32-13-15-38-16-14-32/h1-8,18,22H,9-16H2. The van der Waals surface area contributed by atoms with E-state index in [1.54, 1.807) is 12.1 Å². The van der Waals surface area contributed by atoms with Gasteiger partial charge in [-0.3, -0.25) is 9.69 Å². The first-order chi connectivity index (χ1) is 19.0. The van der Waals surface area contributed by atoms with E-state index in [0.717, 1.165) is 25.2 Å². The van der Waals surface area contributed by atoms with Crippen molar-refractivity contribution >= 4 is 46.9 Å². The SMILES string of the molecule is O=C(C(OC(=O)N(OC(=O)C(F)(F)F)c1ccc(Cl)cc1)c1ccccc1Cl)N1CCC(N2CCOCC2)CC1. The van der Waals surface area contributed by atoms with Crippen molar-refractivity contribution in [3.8, 4) is 0 Å². The fraction of sp³-hybridized carbons (Fsp3) is 0.423. The fourth-order valence-electron chi connectivity index (χ4n) is 4.55. The zero-order valence-corrected chi connectivity index (χ0v) is 22.6. The summed E-state index contributed by atoms with van der Waals surface area (Å²) in [5.74, 6) is -3.27. The number of ether oxygens (including phenoxy) is 2. The Hall–Kier alpha value is -3.06. The number of amides is 2. The number of hydroxylamine groups is 1. The molecule has 9 nitrogen and oxygen atoms in total. The molecular weight excluding hydrogens is 578 g/mol. The summed E-state index contributed by atoms with van der Waals surface area (Å²) in [5, 5.41) is 0.333. The molecule has 0 aliphatic carbocycles. The lowest BCUT2D eigenvalue weighted by Gasteiger charge is -2.40. The normalized spacial score (nSPS) is 17.7. The predicted molar refractivity (Wildman–Crippen MR) is 139 cm³/mol. The summed E-state index contributed by atoms with van der Waals surface area (Å²) in [6.07, 6.45) is -7.22. The number of hydrogen-bond acceptors (Lipinski definition) is 7. The minimum Gasteiger partial charge on any atom is -0.429 e. The van der Waals surface area contributed by atoms with Crippen molar-refractivity contribution in [2.45, 2.75) is 31.2 Å². The van der Waals surface area contributed by atoms with E-state index < -0.39 is 30.2 Å². The van der Waals surface area contributed by atoms with Crippen molar-refractivity contribution in [1.82, 2.24) is 9.80 Å². The van der Waals surface area contributed by atoms with Crippen molar-refractivity contribution in [3.63, 3.8) is 0 Å². The molecule has 0 N–H and O–H groups in total. The lowest BCUT2D eigenvalue weighted by molar-refractivity contribution is -0.200. The Morgan fingerprint density at radius 1 is 0.950 bits per heavy atom. The van der Waals surface area contributed by atoms with Crippen LogP contribution in [0.4, 0.5) is 23.7 Å². The quantitative estimate of drug-likeness (QED) is 0.443. The number of anilines is 1. The summed E-state index contributed by atoms with van der Waals surface area (Å²) in [5.41, 5.74) is -0.167. The molecule has 1 atom stereocenters. The van der Waals surface area contributed by atoms with Crippen molar-refractivity contribution < 1.29 is 41.9 Å². The maximum atomic E-state index is 13.7. The average Bonchev–Trinajstić information content (AvgIpc) is 2.95. The minimum atomic E-state index is -5.41. The van der Waals surface area contributed by atoms with Crippen LogP contribution < -0.4 is 5.06 Å². The highest BCUT2D eigenvalue weighted by molar-refractivity contribution is 6.31. The topological polar surface area (TPSA) is 88.6 Å². The predicted octanol–water partition coefficient (Wildman–Crippen LogP) is 5.02. The van der Waals surface area contributed by atoms with Crippen molar-refractivity contribution in [3.05, 3.63) is 64.1 Å². The molecule has 2 amide bonds. The Labute approximate surface area is 238 Å². The maximum Gasteiger partial charge on any atom is 0.493 e. The first kappa shape index (κ1) is 29.9. The summed E-state index contributed by atoms with van der Waals surface area (Å²) in [7, 11) is 0. The van der Waals surface area contributed by atoms with Crippen LogP contribution in [0.25, 0.3) is 0 Å². The van der Waals surface area contributed by atoms with Gasteiger partial charge < -0.3 is 19.2 Å². The van der Waals surface area contributed by atoms with Crippen molar-refractivity contribution in [1.29, 1.82) is 0 Å². The molecule has 216 valence electrons. The molecule has 2 aromatic rings. The summed E-state index contributed by atoms with van der Waals surface area (Å²) in [6.45, 7) is 3.62. The molecule has 2 heterocycles. The first-order valence-electron chi connectivity index (χ1n) is 12.4. The van der Waals surface area contributed by atoms with Gasteiger partial charge in [0.1, 0.15) is 0 Å². The summed E-state index contributed by atoms with van der Waals surface area (Å²) in [6, 6.07) is 11.2. The number of morpholine rings is 1. The second-order valence-electron chi connectivity index (χ2n) is 9.14. The van der Waals surface area contributed by atoms with Crippen LogP contribution in [0.15, 0.2) is 48.5 Å². The summed E-state index contributed by atoms with van der Waals surface area (Å²) >= 11 is 12.2. The lowest BCUT2D eigenvalue weighted by Crippen LogP contribution is -2.51. The molecule has 0 spiro atoms. The van der Waals surface area contributed by atoms with E-state index in [4.69, 9.17) is 32.7 Å². The molecule has 2 aliphatic rings. The number of alkyl halides is 3. The highest BCUT2D eigenvalue weighted by atomic mass is 35.5. The molecular formula is C26H26Cl2F3N3O6. The molecule has 0 radical (unpaired) electrons. The molecule has 40 heavy (non-hydrogen) atoms. The van der Waals surface area contributed by atoms with Crippen LogP contribution in [0.5, 0.6) is 0 Å². The molecule has 2 fully saturated rings. The van der Waals surface area contributed by atoms with Gasteiger partial charge in [-0.2, -0.15) is 13.2 Å². The number of hydrogen-bond donors (Lipinski definition) is 0. The van der Waals surface area contributed by atoms with Crippen LogP contribution in [0.2, 0.25) is 10.0 Å². The average molecular weight is 604 g/mol. The third-order valence-electron chi connectivity index (χ3n) is 6.60. The van der Waals surface area contributed by atoms with Gasteiger partial charge in [-0.25, -0.2) is 9.59 Å². The Kier molecular flexibility index (Phi) is 9.77. The number of rotatable bonds is 5. The van der Waals surface area contributed by atoms with E-state index in [0.29, 0.717) is 39.1 Å². The number of piperidine rings is 1. The van der Waals surface area contributed by atoms with E-state index in [1.807, 2.05) is 0 Å². The van der Waals surface area contributed by atoms with Gasteiger partial charge in [0.05, 0.1) is 18.9 Å². The molecule has 0 aromatic heterocycles. The first-order valence-corrected chi connectivity index (χ1v) is 13.2. The number of likely N-dealkylation sites (tertiary alicyclic amines) is 1. The van der Waals surface area contributed by atoms with E-state index in [1.165, 1.54) is 29.2 Å². The van der Waals surface area contributed by atoms with Crippen LogP contribution in [-0.4, -0.2) is 79.4 Å². The van der Waals surface area contributed by atoms with Gasteiger partial charge in [-0.1, -0.05) is 41.4 Å². The van der Waals surface area contributed by atoms with E-state index in [-0.39, 0.29) is 32.4 Å². The highest BCUT2D eigenvalue weighted by Crippen LogP contribution is 2.31. The second kappa shape index (κ2) is 13.1. The molecule has 0 bridgehead atoms. The fourth-order valence-corrected chi connectivity index (χ4v) is 4.91. The molecule has 2 aromatic carbocycles. The van der Waals surface area contributed by atoms with E-state index in [2.05, 4.69) is 9.74 Å². The third-order valence-corrected chi connectivity index (χ3v) is 7.20. The van der Waals surface area contributed by atoms with Gasteiger partial charge in [-0.15, -0.1) is 5.06 Å². The highest BCUT2D eigenvalue weighted by Gasteiger charge is 2.45. The molecule has 4 rings (SSSR count). The number of carbonyl (C=O) groups is 3. The number of halogens is 5. The lowest BCUT2D eigenvalue weighted by atomic mass is 10.0. The second-order valence-corrected chi connectivity index (χ2v) is 9.98. The summed E-state index contributed by atoms with van der Waals surface area (Å²) < 4.78 is 49.9. The largest absolute Gasteiger partial charge is 0.493 e. The van der Waals surface area contributed by atoms with E-state index >= 15 is 0 Å². The van der Waals surface area contributed by atoms with E-state index in [9.17, 15) is 27.6 Å². The van der Waals surface area contributed by atoms with Gasteiger partial charge in [0, 0.05) is 47.8 Å². The molecule has 2 saturated heterocycles. The number of nitrogens with zero attached hydrogens (tertiary/aromatic N) is 3. The van der Waals surface area contributed by atoms with Crippen LogP contribution in [-0.2, 0) is 23.9 Å². The number of benzene rings is 2.